The van der Waals surface area contributed by atoms with Crippen LogP contribution in [0.3, 0.4) is 0 Å². The maximum atomic E-state index is 12.1. The lowest BCUT2D eigenvalue weighted by Gasteiger charge is -2.35. The zero-order chi connectivity index (χ0) is 12.2. The van der Waals surface area contributed by atoms with Crippen LogP contribution in [0.4, 0.5) is 13.2 Å². The Labute approximate surface area is 92.8 Å². The molecule has 16 heavy (non-hydrogen) atoms. The molecule has 0 amide bonds. The number of halogens is 3. The Morgan fingerprint density at radius 3 is 2.06 bits per heavy atom. The summed E-state index contributed by atoms with van der Waals surface area (Å²) < 4.78 is 36.3. The Morgan fingerprint density at radius 1 is 1.12 bits per heavy atom. The first kappa shape index (κ1) is 13.7. The minimum Gasteiger partial charge on any atom is -0.395 e. The summed E-state index contributed by atoms with van der Waals surface area (Å²) in [7, 11) is 0. The van der Waals surface area contributed by atoms with Gasteiger partial charge in [0, 0.05) is 38.8 Å². The zero-order valence-corrected chi connectivity index (χ0v) is 9.08. The van der Waals surface area contributed by atoms with Gasteiger partial charge >= 0.3 is 6.18 Å². The van der Waals surface area contributed by atoms with Gasteiger partial charge < -0.3 is 10.8 Å². The summed E-state index contributed by atoms with van der Waals surface area (Å²) >= 11 is 0. The summed E-state index contributed by atoms with van der Waals surface area (Å²) in [5.74, 6) is 0. The summed E-state index contributed by atoms with van der Waals surface area (Å²) in [5, 5.41) is 8.76. The highest BCUT2D eigenvalue weighted by Gasteiger charge is 2.32. The molecule has 0 aliphatic carbocycles. The minimum absolute atomic E-state index is 0.0945. The third kappa shape index (κ3) is 5.11. The van der Waals surface area contributed by atoms with Crippen LogP contribution in [0.1, 0.15) is 0 Å². The number of hydrogen-bond acceptors (Lipinski definition) is 4. The highest BCUT2D eigenvalue weighted by molar-refractivity contribution is 4.76. The van der Waals surface area contributed by atoms with Crippen molar-refractivity contribution < 1.29 is 18.3 Å². The van der Waals surface area contributed by atoms with Gasteiger partial charge in [0.25, 0.3) is 0 Å². The van der Waals surface area contributed by atoms with Crippen molar-refractivity contribution in [2.45, 2.75) is 12.2 Å². The van der Waals surface area contributed by atoms with Crippen LogP contribution < -0.4 is 5.73 Å². The van der Waals surface area contributed by atoms with E-state index >= 15 is 0 Å². The molecule has 4 nitrogen and oxygen atoms in total. The van der Waals surface area contributed by atoms with Gasteiger partial charge in [-0.15, -0.1) is 0 Å². The summed E-state index contributed by atoms with van der Waals surface area (Å²) in [6.45, 7) is 1.55. The van der Waals surface area contributed by atoms with Gasteiger partial charge in [-0.05, 0) is 0 Å². The maximum Gasteiger partial charge on any atom is 0.401 e. The molecule has 3 N–H and O–H groups in total. The zero-order valence-electron chi connectivity index (χ0n) is 9.08. The van der Waals surface area contributed by atoms with E-state index in [4.69, 9.17) is 10.8 Å². The molecule has 0 radical (unpaired) electrons. The van der Waals surface area contributed by atoms with Gasteiger partial charge in [0.1, 0.15) is 0 Å². The Bertz CT molecular complexity index is 205. The molecule has 1 rings (SSSR count). The first-order chi connectivity index (χ1) is 7.40. The van der Waals surface area contributed by atoms with Crippen LogP contribution in [0, 0.1) is 0 Å². The molecule has 96 valence electrons. The fourth-order valence-electron chi connectivity index (χ4n) is 1.77. The molecule has 0 aromatic carbocycles. The molecule has 1 aliphatic heterocycles. The van der Waals surface area contributed by atoms with Crippen molar-refractivity contribution >= 4 is 0 Å². The molecular weight excluding hydrogens is 223 g/mol. The number of piperazine rings is 1. The number of nitrogens with zero attached hydrogens (tertiary/aromatic N) is 2. The van der Waals surface area contributed by atoms with Gasteiger partial charge in [0.05, 0.1) is 13.2 Å². The minimum atomic E-state index is -4.12. The second-order valence-electron chi connectivity index (χ2n) is 4.13. The van der Waals surface area contributed by atoms with Gasteiger partial charge in [-0.2, -0.15) is 13.2 Å². The largest absolute Gasteiger partial charge is 0.401 e. The number of alkyl halides is 3. The number of aliphatic hydroxyl groups excluding tert-OH is 1. The second-order valence-corrected chi connectivity index (χ2v) is 4.13. The van der Waals surface area contributed by atoms with Gasteiger partial charge in [0.15, 0.2) is 0 Å². The van der Waals surface area contributed by atoms with E-state index in [9.17, 15) is 13.2 Å². The molecular formula is C9H18F3N3O. The average Bonchev–Trinajstić information content (AvgIpc) is 2.18. The molecule has 1 fully saturated rings. The van der Waals surface area contributed by atoms with Crippen molar-refractivity contribution in [3.05, 3.63) is 0 Å². The smallest absolute Gasteiger partial charge is 0.395 e. The third-order valence-electron chi connectivity index (χ3n) is 2.60. The normalized spacial score (nSPS) is 22.3. The van der Waals surface area contributed by atoms with E-state index in [1.54, 1.807) is 0 Å². The van der Waals surface area contributed by atoms with Gasteiger partial charge in [0.2, 0.25) is 0 Å². The number of aliphatic hydroxyl groups is 1. The number of nitrogens with two attached hydrogens (primary N) is 1. The molecule has 0 bridgehead atoms. The molecule has 0 aromatic heterocycles. The average molecular weight is 241 g/mol. The molecule has 0 saturated carbocycles. The standard InChI is InChI=1S/C9H18F3N3O/c10-9(11,12)7-15-3-1-14(2-4-15)5-8(13)6-16/h8,16H,1-7,13H2. The predicted molar refractivity (Wildman–Crippen MR) is 54.0 cm³/mol. The van der Waals surface area contributed by atoms with Crippen LogP contribution in [0.5, 0.6) is 0 Å². The van der Waals surface area contributed by atoms with E-state index in [1.165, 1.54) is 4.90 Å². The van der Waals surface area contributed by atoms with Crippen molar-refractivity contribution in [2.24, 2.45) is 5.73 Å². The highest BCUT2D eigenvalue weighted by atomic mass is 19.4. The van der Waals surface area contributed by atoms with Gasteiger partial charge in [-0.3, -0.25) is 9.80 Å². The monoisotopic (exact) mass is 241 g/mol. The third-order valence-corrected chi connectivity index (χ3v) is 2.60. The fraction of sp³-hybridized carbons (Fsp3) is 1.00. The first-order valence-corrected chi connectivity index (χ1v) is 5.28. The van der Waals surface area contributed by atoms with E-state index in [0.29, 0.717) is 32.7 Å². The van der Waals surface area contributed by atoms with Gasteiger partial charge in [-0.1, -0.05) is 0 Å². The van der Waals surface area contributed by atoms with E-state index in [0.717, 1.165) is 0 Å². The van der Waals surface area contributed by atoms with Crippen molar-refractivity contribution in [1.82, 2.24) is 9.80 Å². The first-order valence-electron chi connectivity index (χ1n) is 5.28. The molecule has 1 heterocycles. The van der Waals surface area contributed by atoms with Crippen LogP contribution in [0.15, 0.2) is 0 Å². The maximum absolute atomic E-state index is 12.1. The highest BCUT2D eigenvalue weighted by Crippen LogP contribution is 2.17. The van der Waals surface area contributed by atoms with Crippen LogP contribution in [-0.4, -0.2) is 73.0 Å². The Morgan fingerprint density at radius 2 is 1.62 bits per heavy atom. The van der Waals surface area contributed by atoms with Crippen molar-refractivity contribution in [2.75, 3.05) is 45.9 Å². The van der Waals surface area contributed by atoms with Crippen molar-refractivity contribution in [1.29, 1.82) is 0 Å². The molecule has 0 spiro atoms. The van der Waals surface area contributed by atoms with E-state index < -0.39 is 12.7 Å². The summed E-state index contributed by atoms with van der Waals surface area (Å²) in [6, 6.07) is -0.311. The van der Waals surface area contributed by atoms with Crippen LogP contribution in [0.2, 0.25) is 0 Å². The lowest BCUT2D eigenvalue weighted by Crippen LogP contribution is -2.52. The fourth-order valence-corrected chi connectivity index (χ4v) is 1.77. The Balaban J connectivity index is 2.23. The Kier molecular flexibility index (Phi) is 4.97. The lowest BCUT2D eigenvalue weighted by atomic mass is 10.2. The Hall–Kier alpha value is -0.370. The van der Waals surface area contributed by atoms with Crippen molar-refractivity contribution in [3.63, 3.8) is 0 Å². The van der Waals surface area contributed by atoms with E-state index in [-0.39, 0.29) is 12.6 Å². The van der Waals surface area contributed by atoms with Crippen LogP contribution in [-0.2, 0) is 0 Å². The molecule has 7 heteroatoms. The lowest BCUT2D eigenvalue weighted by molar-refractivity contribution is -0.149. The van der Waals surface area contributed by atoms with E-state index in [2.05, 4.69) is 0 Å². The summed E-state index contributed by atoms with van der Waals surface area (Å²) in [5.41, 5.74) is 5.55. The second kappa shape index (κ2) is 5.81. The SMILES string of the molecule is NC(CO)CN1CCN(CC(F)(F)F)CC1. The predicted octanol–water partition coefficient (Wildman–Crippen LogP) is -0.514. The molecule has 1 aliphatic rings. The molecule has 1 unspecified atom stereocenters. The molecule has 1 saturated heterocycles. The quantitative estimate of drug-likeness (QED) is 0.696. The number of hydrogen-bond donors (Lipinski definition) is 2. The molecule has 1 atom stereocenters. The summed E-state index contributed by atoms with van der Waals surface area (Å²) in [4.78, 5) is 3.37. The van der Waals surface area contributed by atoms with Gasteiger partial charge in [-0.25, -0.2) is 0 Å². The summed E-state index contributed by atoms with van der Waals surface area (Å²) in [6.07, 6.45) is -4.12. The van der Waals surface area contributed by atoms with E-state index in [1.807, 2.05) is 4.90 Å². The topological polar surface area (TPSA) is 52.7 Å². The van der Waals surface area contributed by atoms with Crippen LogP contribution >= 0.6 is 0 Å². The number of rotatable bonds is 4. The van der Waals surface area contributed by atoms with Crippen molar-refractivity contribution in [3.8, 4) is 0 Å². The molecule has 0 aromatic rings. The van der Waals surface area contributed by atoms with Crippen LogP contribution in [0.25, 0.3) is 0 Å².